The number of hydrogen-bond acceptors (Lipinski definition) is 4. The van der Waals surface area contributed by atoms with Crippen molar-refractivity contribution in [1.82, 2.24) is 10.6 Å². The van der Waals surface area contributed by atoms with Crippen LogP contribution in [0, 0.1) is 18.1 Å². The average Bonchev–Trinajstić information content (AvgIpc) is 3.14. The lowest BCUT2D eigenvalue weighted by Crippen LogP contribution is -2.49. The van der Waals surface area contributed by atoms with E-state index >= 15 is 0 Å². The van der Waals surface area contributed by atoms with Crippen molar-refractivity contribution in [2.24, 2.45) is 5.92 Å². The molecule has 0 spiro atoms. The van der Waals surface area contributed by atoms with Gasteiger partial charge in [0.15, 0.2) is 0 Å². The van der Waals surface area contributed by atoms with E-state index in [9.17, 15) is 9.90 Å². The Bertz CT molecular complexity index is 529. The highest BCUT2D eigenvalue weighted by Gasteiger charge is 2.34. The first-order valence-electron chi connectivity index (χ1n) is 8.33. The predicted octanol–water partition coefficient (Wildman–Crippen LogP) is 1.39. The van der Waals surface area contributed by atoms with Crippen molar-refractivity contribution in [2.45, 2.75) is 44.1 Å². The van der Waals surface area contributed by atoms with Crippen molar-refractivity contribution in [2.75, 3.05) is 13.7 Å². The SMILES string of the molecule is C=C[C@@H](NC(=O)[C@H](C)[C@@H](OC)[C@@H]1CCCN1)[C@@H](O)c1cc#ccc1. The van der Waals surface area contributed by atoms with Gasteiger partial charge in [0.1, 0.15) is 6.10 Å². The second-order valence-corrected chi connectivity index (χ2v) is 6.17. The summed E-state index contributed by atoms with van der Waals surface area (Å²) in [6.07, 6.45) is 2.56. The maximum Gasteiger partial charge on any atom is 0.226 e. The summed E-state index contributed by atoms with van der Waals surface area (Å²) in [5.41, 5.74) is 0.660. The molecule has 0 aromatic heterocycles. The number of carbonyl (C=O) groups excluding carboxylic acids is 1. The Hall–Kier alpha value is -1.87. The zero-order chi connectivity index (χ0) is 17.5. The van der Waals surface area contributed by atoms with Gasteiger partial charge < -0.3 is 20.5 Å². The van der Waals surface area contributed by atoms with E-state index in [2.05, 4.69) is 29.3 Å². The molecular formula is C19H26N2O3. The van der Waals surface area contributed by atoms with Crippen molar-refractivity contribution in [3.05, 3.63) is 48.6 Å². The molecule has 0 radical (unpaired) electrons. The number of nitrogens with one attached hydrogen (secondary N) is 2. The van der Waals surface area contributed by atoms with Gasteiger partial charge in [0.05, 0.1) is 18.1 Å². The fraction of sp³-hybridized carbons (Fsp3) is 0.526. The smallest absolute Gasteiger partial charge is 0.226 e. The Kier molecular flexibility index (Phi) is 6.80. The minimum atomic E-state index is -0.880. The number of amides is 1. The van der Waals surface area contributed by atoms with E-state index < -0.39 is 12.1 Å². The summed E-state index contributed by atoms with van der Waals surface area (Å²) in [6, 6.07) is 10.3. The summed E-state index contributed by atoms with van der Waals surface area (Å²) in [7, 11) is 1.63. The zero-order valence-corrected chi connectivity index (χ0v) is 14.3. The second-order valence-electron chi connectivity index (χ2n) is 6.17. The minimum absolute atomic E-state index is 0.161. The molecular weight excluding hydrogens is 304 g/mol. The van der Waals surface area contributed by atoms with Gasteiger partial charge in [-0.25, -0.2) is 0 Å². The number of hydrogen-bond donors (Lipinski definition) is 3. The minimum Gasteiger partial charge on any atom is -0.386 e. The van der Waals surface area contributed by atoms with Crippen LogP contribution in [0.25, 0.3) is 0 Å². The van der Waals surface area contributed by atoms with Crippen LogP contribution >= 0.6 is 0 Å². The number of ether oxygens (including phenoxy) is 1. The fourth-order valence-electron chi connectivity index (χ4n) is 3.17. The maximum atomic E-state index is 12.6. The van der Waals surface area contributed by atoms with Crippen molar-refractivity contribution in [3.63, 3.8) is 0 Å². The summed E-state index contributed by atoms with van der Waals surface area (Å²) in [5.74, 6) is -0.498. The van der Waals surface area contributed by atoms with Crippen LogP contribution in [0.2, 0.25) is 0 Å². The number of rotatable bonds is 8. The van der Waals surface area contributed by atoms with Gasteiger partial charge in [-0.05, 0) is 43.1 Å². The molecule has 0 bridgehead atoms. The monoisotopic (exact) mass is 330 g/mol. The molecule has 1 amide bonds. The molecule has 0 saturated carbocycles. The van der Waals surface area contributed by atoms with E-state index in [1.54, 1.807) is 31.4 Å². The van der Waals surface area contributed by atoms with Crippen LogP contribution in [0.5, 0.6) is 0 Å². The van der Waals surface area contributed by atoms with E-state index in [0.29, 0.717) is 5.56 Å². The molecule has 0 unspecified atom stereocenters. The molecule has 1 aliphatic heterocycles. The second kappa shape index (κ2) is 8.84. The molecule has 1 aliphatic rings. The summed E-state index contributed by atoms with van der Waals surface area (Å²) in [6.45, 7) is 6.53. The van der Waals surface area contributed by atoms with Gasteiger partial charge in [-0.2, -0.15) is 0 Å². The topological polar surface area (TPSA) is 70.6 Å². The van der Waals surface area contributed by atoms with Crippen LogP contribution in [-0.4, -0.2) is 42.9 Å². The van der Waals surface area contributed by atoms with Gasteiger partial charge in [0.25, 0.3) is 0 Å². The highest BCUT2D eigenvalue weighted by Crippen LogP contribution is 2.21. The number of carbonyl (C=O) groups is 1. The standard InChI is InChI=1S/C19H26N2O3/c1-4-15(17(22)14-9-6-5-7-10-14)21-19(23)13(2)18(24-3)16-11-8-12-20-16/h4,6,9-10,13,15-18,20,22H,1,8,11-12H2,2-3H3,(H,21,23)/t13-,15-,16+,17+,18-/m1/s1. The van der Waals surface area contributed by atoms with Gasteiger partial charge in [0.2, 0.25) is 5.91 Å². The van der Waals surface area contributed by atoms with E-state index in [1.165, 1.54) is 0 Å². The Morgan fingerprint density at radius 2 is 2.38 bits per heavy atom. The lowest BCUT2D eigenvalue weighted by Gasteiger charge is -2.29. The van der Waals surface area contributed by atoms with E-state index in [4.69, 9.17) is 4.74 Å². The summed E-state index contributed by atoms with van der Waals surface area (Å²) < 4.78 is 5.56. The van der Waals surface area contributed by atoms with Crippen LogP contribution < -0.4 is 10.6 Å². The van der Waals surface area contributed by atoms with Crippen LogP contribution in [0.15, 0.2) is 30.9 Å². The van der Waals surface area contributed by atoms with Gasteiger partial charge in [-0.3, -0.25) is 4.79 Å². The molecule has 1 aromatic carbocycles. The van der Waals surface area contributed by atoms with Crippen molar-refractivity contribution >= 4 is 5.91 Å². The van der Waals surface area contributed by atoms with Crippen molar-refractivity contribution < 1.29 is 14.6 Å². The molecule has 5 nitrogen and oxygen atoms in total. The van der Waals surface area contributed by atoms with Crippen LogP contribution in [-0.2, 0) is 9.53 Å². The number of methoxy groups -OCH3 is 1. The first-order chi connectivity index (χ1) is 11.6. The third kappa shape index (κ3) is 4.35. The van der Waals surface area contributed by atoms with Gasteiger partial charge >= 0.3 is 0 Å². The third-order valence-corrected chi connectivity index (χ3v) is 4.60. The Balaban J connectivity index is 2.01. The largest absolute Gasteiger partial charge is 0.386 e. The Morgan fingerprint density at radius 3 is 2.92 bits per heavy atom. The first kappa shape index (κ1) is 18.5. The number of aliphatic hydroxyl groups excluding tert-OH is 1. The maximum absolute atomic E-state index is 12.6. The van der Waals surface area contributed by atoms with E-state index in [1.807, 2.05) is 6.92 Å². The lowest BCUT2D eigenvalue weighted by molar-refractivity contribution is -0.130. The summed E-state index contributed by atoms with van der Waals surface area (Å²) in [5, 5.41) is 16.7. The molecule has 3 N–H and O–H groups in total. The molecule has 1 saturated heterocycles. The third-order valence-electron chi connectivity index (χ3n) is 4.60. The highest BCUT2D eigenvalue weighted by molar-refractivity contribution is 5.79. The Morgan fingerprint density at radius 1 is 1.58 bits per heavy atom. The van der Waals surface area contributed by atoms with Crippen molar-refractivity contribution in [3.8, 4) is 0 Å². The van der Waals surface area contributed by atoms with E-state index in [0.717, 1.165) is 19.4 Å². The first-order valence-corrected chi connectivity index (χ1v) is 8.33. The predicted molar refractivity (Wildman–Crippen MR) is 92.2 cm³/mol. The van der Waals surface area contributed by atoms with Gasteiger partial charge in [-0.1, -0.05) is 25.1 Å². The molecule has 2 rings (SSSR count). The summed E-state index contributed by atoms with van der Waals surface area (Å²) in [4.78, 5) is 12.6. The average molecular weight is 330 g/mol. The van der Waals surface area contributed by atoms with Gasteiger partial charge in [0, 0.05) is 13.2 Å². The molecule has 1 aromatic rings. The van der Waals surface area contributed by atoms with Crippen LogP contribution in [0.4, 0.5) is 0 Å². The van der Waals surface area contributed by atoms with E-state index in [-0.39, 0.29) is 24.0 Å². The highest BCUT2D eigenvalue weighted by atomic mass is 16.5. The summed E-state index contributed by atoms with van der Waals surface area (Å²) >= 11 is 0. The molecule has 1 fully saturated rings. The molecule has 1 heterocycles. The lowest BCUT2D eigenvalue weighted by atomic mass is 9.94. The normalized spacial score (nSPS) is 22.0. The molecule has 5 atom stereocenters. The Labute approximate surface area is 144 Å². The fourth-order valence-corrected chi connectivity index (χ4v) is 3.17. The molecule has 5 heteroatoms. The number of aliphatic hydroxyl groups is 1. The quantitative estimate of drug-likeness (QED) is 0.630. The van der Waals surface area contributed by atoms with Crippen LogP contribution in [0.1, 0.15) is 31.4 Å². The van der Waals surface area contributed by atoms with Crippen molar-refractivity contribution in [1.29, 1.82) is 0 Å². The zero-order valence-electron chi connectivity index (χ0n) is 14.3. The van der Waals surface area contributed by atoms with Crippen LogP contribution in [0.3, 0.4) is 0 Å². The van der Waals surface area contributed by atoms with Gasteiger partial charge in [-0.15, -0.1) is 6.58 Å². The molecule has 24 heavy (non-hydrogen) atoms. The molecule has 0 aliphatic carbocycles. The molecule has 130 valence electrons.